The van der Waals surface area contributed by atoms with Crippen LogP contribution < -0.4 is 9.47 Å². The third-order valence-corrected chi connectivity index (χ3v) is 7.22. The first-order valence-corrected chi connectivity index (χ1v) is 10.8. The van der Waals surface area contributed by atoms with Crippen LogP contribution in [0.15, 0.2) is 53.4 Å². The molecule has 2 atom stereocenters. The highest BCUT2D eigenvalue weighted by Gasteiger charge is 2.37. The maximum absolute atomic E-state index is 13.3. The van der Waals surface area contributed by atoms with Crippen LogP contribution in [0.5, 0.6) is 11.5 Å². The largest absolute Gasteiger partial charge is 0.493 e. The molecule has 1 saturated heterocycles. The van der Waals surface area contributed by atoms with Crippen LogP contribution in [-0.2, 0) is 16.6 Å². The van der Waals surface area contributed by atoms with Gasteiger partial charge in [0, 0.05) is 37.8 Å². The maximum atomic E-state index is 13.3. The molecule has 152 valence electrons. The van der Waals surface area contributed by atoms with E-state index in [0.717, 1.165) is 6.54 Å². The summed E-state index contributed by atoms with van der Waals surface area (Å²) in [4.78, 5) is 2.56. The second kappa shape index (κ2) is 8.51. The average molecular weight is 405 g/mol. The number of rotatable bonds is 6. The second-order valence-corrected chi connectivity index (χ2v) is 9.10. The smallest absolute Gasteiger partial charge is 0.243 e. The normalized spacial score (nSPS) is 21.4. The van der Waals surface area contributed by atoms with E-state index >= 15 is 0 Å². The molecule has 2 aromatic rings. The quantitative estimate of drug-likeness (QED) is 0.741. The van der Waals surface area contributed by atoms with Gasteiger partial charge in [-0.25, -0.2) is 8.42 Å². The molecule has 0 aliphatic carbocycles. The number of benzene rings is 2. The molecule has 1 aliphatic rings. The molecule has 0 radical (unpaired) electrons. The van der Waals surface area contributed by atoms with Crippen LogP contribution in [0.4, 0.5) is 0 Å². The van der Waals surface area contributed by atoms with Crippen LogP contribution in [0.2, 0.25) is 0 Å². The van der Waals surface area contributed by atoms with Gasteiger partial charge >= 0.3 is 0 Å². The molecule has 1 fully saturated rings. The first-order chi connectivity index (χ1) is 13.4. The Hall–Kier alpha value is -2.09. The fraction of sp³-hybridized carbons (Fsp3) is 0.429. The monoisotopic (exact) mass is 404 g/mol. The molecule has 3 rings (SSSR count). The topological polar surface area (TPSA) is 59.1 Å². The van der Waals surface area contributed by atoms with Gasteiger partial charge in [-0.15, -0.1) is 0 Å². The van der Waals surface area contributed by atoms with Crippen LogP contribution in [-0.4, -0.2) is 57.0 Å². The number of nitrogens with zero attached hydrogens (tertiary/aromatic N) is 2. The lowest BCUT2D eigenvalue weighted by Crippen LogP contribution is -2.57. The number of piperazine rings is 1. The van der Waals surface area contributed by atoms with Gasteiger partial charge < -0.3 is 9.47 Å². The van der Waals surface area contributed by atoms with Crippen molar-refractivity contribution >= 4 is 10.0 Å². The minimum Gasteiger partial charge on any atom is -0.493 e. The summed E-state index contributed by atoms with van der Waals surface area (Å²) in [6, 6.07) is 15.0. The van der Waals surface area contributed by atoms with E-state index in [1.807, 2.05) is 25.1 Å². The molecule has 7 heteroatoms. The molecular weight excluding hydrogens is 376 g/mol. The van der Waals surface area contributed by atoms with Crippen molar-refractivity contribution in [1.82, 2.24) is 9.21 Å². The Morgan fingerprint density at radius 1 is 0.929 bits per heavy atom. The highest BCUT2D eigenvalue weighted by molar-refractivity contribution is 7.89. The highest BCUT2D eigenvalue weighted by Crippen LogP contribution is 2.32. The fourth-order valence-corrected chi connectivity index (χ4v) is 5.37. The molecule has 0 amide bonds. The van der Waals surface area contributed by atoms with E-state index in [1.54, 1.807) is 16.4 Å². The van der Waals surface area contributed by atoms with E-state index in [9.17, 15) is 8.42 Å². The Bertz CT molecular complexity index is 902. The summed E-state index contributed by atoms with van der Waals surface area (Å²) in [6.45, 7) is 5.98. The van der Waals surface area contributed by atoms with Crippen molar-refractivity contribution in [1.29, 1.82) is 0 Å². The molecular formula is C21H28N2O4S. The molecule has 28 heavy (non-hydrogen) atoms. The highest BCUT2D eigenvalue weighted by atomic mass is 32.2. The molecule has 1 aliphatic heterocycles. The summed E-state index contributed by atoms with van der Waals surface area (Å²) in [5, 5.41) is 0. The van der Waals surface area contributed by atoms with Gasteiger partial charge in [0.05, 0.1) is 19.1 Å². The summed E-state index contributed by atoms with van der Waals surface area (Å²) >= 11 is 0. The van der Waals surface area contributed by atoms with Crippen molar-refractivity contribution in [2.24, 2.45) is 0 Å². The lowest BCUT2D eigenvalue weighted by molar-refractivity contribution is 0.0864. The SMILES string of the molecule is COc1ccc(S(=O)(=O)N2C[C@H](C)N(Cc3ccccc3)C[C@@H]2C)cc1OC. The first-order valence-electron chi connectivity index (χ1n) is 9.38. The maximum Gasteiger partial charge on any atom is 0.243 e. The minimum atomic E-state index is -3.63. The predicted molar refractivity (Wildman–Crippen MR) is 109 cm³/mol. The third kappa shape index (κ3) is 4.16. The van der Waals surface area contributed by atoms with E-state index in [2.05, 4.69) is 24.0 Å². The Kier molecular flexibility index (Phi) is 6.27. The van der Waals surface area contributed by atoms with E-state index in [1.165, 1.54) is 25.8 Å². The van der Waals surface area contributed by atoms with Gasteiger partial charge in [0.1, 0.15) is 0 Å². The molecule has 0 unspecified atom stereocenters. The molecule has 0 aromatic heterocycles. The molecule has 0 saturated carbocycles. The fourth-order valence-electron chi connectivity index (χ4n) is 3.65. The zero-order chi connectivity index (χ0) is 20.3. The van der Waals surface area contributed by atoms with E-state index in [0.29, 0.717) is 24.6 Å². The Balaban J connectivity index is 1.80. The van der Waals surface area contributed by atoms with Crippen molar-refractivity contribution in [3.8, 4) is 11.5 Å². The number of hydrogen-bond acceptors (Lipinski definition) is 5. The summed E-state index contributed by atoms with van der Waals surface area (Å²) in [7, 11) is -0.596. The van der Waals surface area contributed by atoms with Gasteiger partial charge in [0.25, 0.3) is 0 Å². The van der Waals surface area contributed by atoms with E-state index in [-0.39, 0.29) is 17.0 Å². The van der Waals surface area contributed by atoms with Crippen LogP contribution in [0.25, 0.3) is 0 Å². The molecule has 0 spiro atoms. The van der Waals surface area contributed by atoms with Crippen molar-refractivity contribution in [3.63, 3.8) is 0 Å². The van der Waals surface area contributed by atoms with Gasteiger partial charge in [0.2, 0.25) is 10.0 Å². The van der Waals surface area contributed by atoms with Gasteiger partial charge in [-0.3, -0.25) is 4.90 Å². The zero-order valence-corrected chi connectivity index (χ0v) is 17.6. The average Bonchev–Trinajstić information content (AvgIpc) is 2.70. The zero-order valence-electron chi connectivity index (χ0n) is 16.8. The summed E-state index contributed by atoms with van der Waals surface area (Å²) in [5.41, 5.74) is 1.23. The van der Waals surface area contributed by atoms with Crippen LogP contribution in [0, 0.1) is 0 Å². The van der Waals surface area contributed by atoms with E-state index < -0.39 is 10.0 Å². The minimum absolute atomic E-state index is 0.117. The van der Waals surface area contributed by atoms with Crippen molar-refractivity contribution in [2.45, 2.75) is 37.4 Å². The number of sulfonamides is 1. The van der Waals surface area contributed by atoms with Crippen molar-refractivity contribution in [2.75, 3.05) is 27.3 Å². The molecule has 2 aromatic carbocycles. The first kappa shape index (κ1) is 20.6. The number of ether oxygens (including phenoxy) is 2. The second-order valence-electron chi connectivity index (χ2n) is 7.20. The Labute approximate surface area is 167 Å². The molecule has 0 N–H and O–H groups in total. The van der Waals surface area contributed by atoms with Crippen LogP contribution in [0.3, 0.4) is 0 Å². The standard InChI is InChI=1S/C21H28N2O4S/c1-16-14-23(17(2)13-22(16)15-18-8-6-5-7-9-18)28(24,25)19-10-11-20(26-3)21(12-19)27-4/h5-12,16-17H,13-15H2,1-4H3/t16-,17-/m0/s1. The van der Waals surface area contributed by atoms with Gasteiger partial charge in [0.15, 0.2) is 11.5 Å². The van der Waals surface area contributed by atoms with Crippen molar-refractivity contribution in [3.05, 3.63) is 54.1 Å². The third-order valence-electron chi connectivity index (χ3n) is 5.25. The molecule has 6 nitrogen and oxygen atoms in total. The number of methoxy groups -OCH3 is 2. The summed E-state index contributed by atoms with van der Waals surface area (Å²) in [5.74, 6) is 0.919. The molecule has 0 bridgehead atoms. The summed E-state index contributed by atoms with van der Waals surface area (Å²) in [6.07, 6.45) is 0. The summed E-state index contributed by atoms with van der Waals surface area (Å²) < 4.78 is 38.7. The Morgan fingerprint density at radius 3 is 2.25 bits per heavy atom. The van der Waals surface area contributed by atoms with Gasteiger partial charge in [-0.2, -0.15) is 4.31 Å². The van der Waals surface area contributed by atoms with Crippen molar-refractivity contribution < 1.29 is 17.9 Å². The van der Waals surface area contributed by atoms with Gasteiger partial charge in [-0.05, 0) is 31.5 Å². The number of hydrogen-bond donors (Lipinski definition) is 0. The Morgan fingerprint density at radius 2 is 1.61 bits per heavy atom. The van der Waals surface area contributed by atoms with Crippen LogP contribution in [0.1, 0.15) is 19.4 Å². The van der Waals surface area contributed by atoms with Crippen LogP contribution >= 0.6 is 0 Å². The van der Waals surface area contributed by atoms with E-state index in [4.69, 9.17) is 9.47 Å². The molecule has 1 heterocycles. The predicted octanol–water partition coefficient (Wildman–Crippen LogP) is 2.99. The van der Waals surface area contributed by atoms with Gasteiger partial charge in [-0.1, -0.05) is 30.3 Å². The lowest BCUT2D eigenvalue weighted by Gasteiger charge is -2.43. The lowest BCUT2D eigenvalue weighted by atomic mass is 10.1.